The molecule has 0 saturated carbocycles. The third-order valence-electron chi connectivity index (χ3n) is 3.97. The number of anilines is 1. The highest BCUT2D eigenvalue weighted by Gasteiger charge is 2.25. The number of hydrogen-bond donors (Lipinski definition) is 1. The minimum Gasteiger partial charge on any atom is -0.368 e. The topological polar surface area (TPSA) is 18.5 Å². The maximum atomic E-state index is 3.30. The van der Waals surface area contributed by atoms with Gasteiger partial charge in [-0.25, -0.2) is 0 Å². The first-order valence-corrected chi connectivity index (χ1v) is 6.79. The number of nitrogens with zero attached hydrogens (tertiary/aromatic N) is 2. The van der Waals surface area contributed by atoms with Crippen LogP contribution in [0, 0.1) is 13.8 Å². The predicted molar refractivity (Wildman–Crippen MR) is 78.5 cm³/mol. The molecule has 0 aliphatic carbocycles. The molecule has 2 rings (SSSR count). The van der Waals surface area contributed by atoms with Crippen LogP contribution >= 0.6 is 0 Å². The minimum absolute atomic E-state index is 0.600. The van der Waals surface area contributed by atoms with Gasteiger partial charge >= 0.3 is 0 Å². The zero-order valence-electron chi connectivity index (χ0n) is 12.0. The van der Waals surface area contributed by atoms with Gasteiger partial charge < -0.3 is 10.2 Å². The van der Waals surface area contributed by atoms with Crippen molar-refractivity contribution in [1.82, 2.24) is 10.2 Å². The van der Waals surface area contributed by atoms with Gasteiger partial charge in [0.05, 0.1) is 0 Å². The van der Waals surface area contributed by atoms with E-state index in [1.807, 2.05) is 7.05 Å². The molecule has 0 spiro atoms. The van der Waals surface area contributed by atoms with Crippen LogP contribution in [0.4, 0.5) is 5.69 Å². The van der Waals surface area contributed by atoms with Crippen molar-refractivity contribution < 1.29 is 0 Å². The number of rotatable bonds is 3. The Morgan fingerprint density at radius 2 is 1.89 bits per heavy atom. The zero-order valence-corrected chi connectivity index (χ0v) is 12.0. The lowest BCUT2D eigenvalue weighted by Crippen LogP contribution is -2.55. The van der Waals surface area contributed by atoms with Gasteiger partial charge in [-0.15, -0.1) is 0 Å². The summed E-state index contributed by atoms with van der Waals surface area (Å²) < 4.78 is 0. The van der Waals surface area contributed by atoms with Crippen LogP contribution in [-0.2, 0) is 0 Å². The zero-order chi connectivity index (χ0) is 13.1. The molecule has 1 heterocycles. The van der Waals surface area contributed by atoms with Crippen LogP contribution in [0.3, 0.4) is 0 Å². The van der Waals surface area contributed by atoms with Crippen LogP contribution in [0.25, 0.3) is 0 Å². The Hall–Kier alpha value is -1.06. The first-order valence-electron chi connectivity index (χ1n) is 6.79. The Bertz CT molecular complexity index is 382. The van der Waals surface area contributed by atoms with E-state index in [0.717, 1.165) is 26.2 Å². The average Bonchev–Trinajstić information content (AvgIpc) is 2.33. The third-order valence-corrected chi connectivity index (χ3v) is 3.97. The van der Waals surface area contributed by atoms with Gasteiger partial charge in [0.15, 0.2) is 0 Å². The standard InChI is InChI=1S/C15H25N3/c1-12-6-5-7-13(2)15(12)18-9-8-17(4)14(11-18)10-16-3/h5-7,14,16H,8-11H2,1-4H3. The lowest BCUT2D eigenvalue weighted by atomic mass is 10.1. The molecule has 1 N–H and O–H groups in total. The van der Waals surface area contributed by atoms with Crippen molar-refractivity contribution in [1.29, 1.82) is 0 Å². The van der Waals surface area contributed by atoms with Gasteiger partial charge in [0.1, 0.15) is 0 Å². The smallest absolute Gasteiger partial charge is 0.0426 e. The van der Waals surface area contributed by atoms with E-state index in [4.69, 9.17) is 0 Å². The van der Waals surface area contributed by atoms with Crippen LogP contribution in [0.1, 0.15) is 11.1 Å². The quantitative estimate of drug-likeness (QED) is 0.876. The second kappa shape index (κ2) is 5.72. The highest BCUT2D eigenvalue weighted by molar-refractivity contribution is 5.59. The summed E-state index contributed by atoms with van der Waals surface area (Å²) in [5.41, 5.74) is 4.22. The van der Waals surface area contributed by atoms with Gasteiger partial charge in [0.25, 0.3) is 0 Å². The van der Waals surface area contributed by atoms with E-state index in [1.54, 1.807) is 0 Å². The number of para-hydroxylation sites is 1. The van der Waals surface area contributed by atoms with Crippen molar-refractivity contribution in [2.45, 2.75) is 19.9 Å². The second-order valence-electron chi connectivity index (χ2n) is 5.38. The summed E-state index contributed by atoms with van der Waals surface area (Å²) in [4.78, 5) is 5.01. The van der Waals surface area contributed by atoms with Crippen molar-refractivity contribution in [3.8, 4) is 0 Å². The molecular weight excluding hydrogens is 222 g/mol. The highest BCUT2D eigenvalue weighted by Crippen LogP contribution is 2.26. The summed E-state index contributed by atoms with van der Waals surface area (Å²) in [7, 11) is 4.26. The molecule has 0 radical (unpaired) electrons. The van der Waals surface area contributed by atoms with Crippen molar-refractivity contribution in [3.05, 3.63) is 29.3 Å². The van der Waals surface area contributed by atoms with Gasteiger partial charge in [0.2, 0.25) is 0 Å². The van der Waals surface area contributed by atoms with E-state index in [-0.39, 0.29) is 0 Å². The Labute approximate surface area is 111 Å². The monoisotopic (exact) mass is 247 g/mol. The summed E-state index contributed by atoms with van der Waals surface area (Å²) in [6, 6.07) is 7.18. The Kier molecular flexibility index (Phi) is 4.25. The van der Waals surface area contributed by atoms with Crippen molar-refractivity contribution in [2.24, 2.45) is 0 Å². The number of hydrogen-bond acceptors (Lipinski definition) is 3. The van der Waals surface area contributed by atoms with Gasteiger partial charge in [-0.3, -0.25) is 4.90 Å². The SMILES string of the molecule is CNCC1CN(c2c(C)cccc2C)CCN1C. The molecule has 1 aromatic carbocycles. The molecule has 0 bridgehead atoms. The molecule has 1 unspecified atom stereocenters. The number of likely N-dealkylation sites (N-methyl/N-ethyl adjacent to an activating group) is 2. The third kappa shape index (κ3) is 2.68. The lowest BCUT2D eigenvalue weighted by molar-refractivity contribution is 0.216. The number of benzene rings is 1. The molecule has 18 heavy (non-hydrogen) atoms. The highest BCUT2D eigenvalue weighted by atomic mass is 15.3. The molecule has 1 atom stereocenters. The maximum absolute atomic E-state index is 3.30. The van der Waals surface area contributed by atoms with Gasteiger partial charge in [0, 0.05) is 37.9 Å². The molecule has 3 nitrogen and oxygen atoms in total. The fraction of sp³-hybridized carbons (Fsp3) is 0.600. The molecule has 1 aliphatic heterocycles. The summed E-state index contributed by atoms with van der Waals surface area (Å²) in [5, 5.41) is 3.30. The summed E-state index contributed by atoms with van der Waals surface area (Å²) >= 11 is 0. The van der Waals surface area contributed by atoms with Crippen LogP contribution in [0.5, 0.6) is 0 Å². The normalized spacial score (nSPS) is 21.3. The molecule has 0 aromatic heterocycles. The summed E-state index contributed by atoms with van der Waals surface area (Å²) in [5.74, 6) is 0. The van der Waals surface area contributed by atoms with Crippen molar-refractivity contribution >= 4 is 5.69 Å². The summed E-state index contributed by atoms with van der Waals surface area (Å²) in [6.07, 6.45) is 0. The molecule has 1 fully saturated rings. The fourth-order valence-corrected chi connectivity index (χ4v) is 2.91. The van der Waals surface area contributed by atoms with Gasteiger partial charge in [-0.2, -0.15) is 0 Å². The van der Waals surface area contributed by atoms with E-state index in [9.17, 15) is 0 Å². The molecule has 1 saturated heterocycles. The van der Waals surface area contributed by atoms with E-state index >= 15 is 0 Å². The minimum atomic E-state index is 0.600. The number of nitrogens with one attached hydrogen (secondary N) is 1. The van der Waals surface area contributed by atoms with Crippen LogP contribution in [-0.4, -0.2) is 51.2 Å². The molecule has 1 aromatic rings. The largest absolute Gasteiger partial charge is 0.368 e. The van der Waals surface area contributed by atoms with E-state index in [2.05, 4.69) is 54.2 Å². The Balaban J connectivity index is 2.19. The predicted octanol–water partition coefficient (Wildman–Crippen LogP) is 1.64. The van der Waals surface area contributed by atoms with E-state index in [1.165, 1.54) is 16.8 Å². The van der Waals surface area contributed by atoms with E-state index in [0.29, 0.717) is 6.04 Å². The van der Waals surface area contributed by atoms with Crippen LogP contribution < -0.4 is 10.2 Å². The lowest BCUT2D eigenvalue weighted by Gasteiger charge is -2.41. The Morgan fingerprint density at radius 1 is 1.22 bits per heavy atom. The van der Waals surface area contributed by atoms with Gasteiger partial charge in [-0.05, 0) is 39.1 Å². The second-order valence-corrected chi connectivity index (χ2v) is 5.38. The fourth-order valence-electron chi connectivity index (χ4n) is 2.91. The molecule has 3 heteroatoms. The number of aryl methyl sites for hydroxylation is 2. The average molecular weight is 247 g/mol. The van der Waals surface area contributed by atoms with Crippen molar-refractivity contribution in [2.75, 3.05) is 45.2 Å². The van der Waals surface area contributed by atoms with E-state index < -0.39 is 0 Å². The first-order chi connectivity index (χ1) is 8.63. The molecule has 1 aliphatic rings. The van der Waals surface area contributed by atoms with Crippen molar-refractivity contribution in [3.63, 3.8) is 0 Å². The van der Waals surface area contributed by atoms with Crippen LogP contribution in [0.2, 0.25) is 0 Å². The molecule has 100 valence electrons. The maximum Gasteiger partial charge on any atom is 0.0426 e. The first kappa shape index (κ1) is 13.4. The molecular formula is C15H25N3. The number of piperazine rings is 1. The summed E-state index contributed by atoms with van der Waals surface area (Å²) in [6.45, 7) is 8.87. The Morgan fingerprint density at radius 3 is 2.50 bits per heavy atom. The van der Waals surface area contributed by atoms with Crippen LogP contribution in [0.15, 0.2) is 18.2 Å². The van der Waals surface area contributed by atoms with Gasteiger partial charge in [-0.1, -0.05) is 18.2 Å². The molecule has 0 amide bonds.